The van der Waals surface area contributed by atoms with Gasteiger partial charge in [0, 0.05) is 18.3 Å². The van der Waals surface area contributed by atoms with Gasteiger partial charge in [-0.2, -0.15) is 0 Å². The number of hydrogen-bond acceptors (Lipinski definition) is 16. The summed E-state index contributed by atoms with van der Waals surface area (Å²) in [5.41, 5.74) is 35.1. The molecule has 15 N–H and O–H groups in total. The van der Waals surface area contributed by atoms with Gasteiger partial charge in [0.25, 0.3) is 0 Å². The van der Waals surface area contributed by atoms with Crippen LogP contribution in [-0.4, -0.2) is 111 Å². The number of carbonyl (C=O) groups is 7. The van der Waals surface area contributed by atoms with Gasteiger partial charge in [-0.05, 0) is 162 Å². The van der Waals surface area contributed by atoms with Gasteiger partial charge >= 0.3 is 17.9 Å². The van der Waals surface area contributed by atoms with Crippen molar-refractivity contribution in [2.45, 2.75) is 160 Å². The molecule has 22 heteroatoms. The van der Waals surface area contributed by atoms with E-state index in [2.05, 4.69) is 36.7 Å². The Balaban J connectivity index is 0.00000642. The van der Waals surface area contributed by atoms with Crippen molar-refractivity contribution in [2.75, 3.05) is 39.3 Å². The van der Waals surface area contributed by atoms with Crippen LogP contribution in [0.15, 0.2) is 30.3 Å². The van der Waals surface area contributed by atoms with E-state index in [1.54, 1.807) is 0 Å². The van der Waals surface area contributed by atoms with Crippen LogP contribution < -0.4 is 50.4 Å². The highest BCUT2D eigenvalue weighted by atomic mass is 35.5. The Bertz CT molecular complexity index is 2000. The predicted molar refractivity (Wildman–Crippen MR) is 293 cm³/mol. The van der Waals surface area contributed by atoms with E-state index < -0.39 is 65.4 Å². The number of halogens is 3. The quantitative estimate of drug-likeness (QED) is 0.0430. The molecule has 4 fully saturated rings. The summed E-state index contributed by atoms with van der Waals surface area (Å²) in [5, 5.41) is 8.05. The molecule has 0 bridgehead atoms. The standard InChI is InChI=1S/C53H87N9O10.3ClH/c1-32(15-18-45(64)70-31-33-10-5-4-6-11-33)38-16-17-39-48-34(25-36(63)28-60-49(67)41(57)12-7-21-54)24-35-26-37(71-46(65)29-61-50(68)42(58)13-8-22-55)19-20-52(35,2)40(48)27-44(53(38,39)3)72-47(66)30-62-51(69)43(59)14-9-23-56;;;/h4-6,10-11,32,34-35,37-44,48H,7-9,12-31,54-59H2,1-3H3,(H,60,67)(H,61,68)(H,62,69);3*1H/t32-,34+,35-,37-,38-,39+,40+,41+,42+,43+,44+,48+,52+,53-;;;/m1.../s1. The Labute approximate surface area is 462 Å². The lowest BCUT2D eigenvalue weighted by Gasteiger charge is -2.65. The smallest absolute Gasteiger partial charge is 0.325 e. The number of nitrogens with one attached hydrogen (secondary N) is 3. The lowest BCUT2D eigenvalue weighted by molar-refractivity contribution is -0.210. The largest absolute Gasteiger partial charge is 0.461 e. The molecule has 1 aromatic carbocycles. The maximum atomic E-state index is 14.1. The summed E-state index contributed by atoms with van der Waals surface area (Å²) in [6.07, 6.45) is 7.49. The molecule has 3 amide bonds. The number of ketones is 1. The van der Waals surface area contributed by atoms with Crippen LogP contribution in [0.25, 0.3) is 0 Å². The number of ether oxygens (including phenoxy) is 3. The minimum Gasteiger partial charge on any atom is -0.461 e. The highest BCUT2D eigenvalue weighted by Crippen LogP contribution is 2.70. The summed E-state index contributed by atoms with van der Waals surface area (Å²) in [6, 6.07) is 7.14. The molecular formula is C53H90Cl3N9O10. The molecule has 0 heterocycles. The lowest BCUT2D eigenvalue weighted by Crippen LogP contribution is -2.62. The zero-order valence-electron chi connectivity index (χ0n) is 44.3. The first-order chi connectivity index (χ1) is 34.3. The van der Waals surface area contributed by atoms with E-state index in [1.807, 2.05) is 30.3 Å². The van der Waals surface area contributed by atoms with Gasteiger partial charge in [0.2, 0.25) is 17.7 Å². The number of benzene rings is 1. The van der Waals surface area contributed by atoms with Gasteiger partial charge < -0.3 is 64.6 Å². The third-order valence-corrected chi connectivity index (χ3v) is 17.2. The number of carbonyl (C=O) groups excluding carboxylic acids is 7. The molecule has 75 heavy (non-hydrogen) atoms. The molecule has 0 unspecified atom stereocenters. The Hall–Kier alpha value is -3.66. The van der Waals surface area contributed by atoms with Crippen molar-refractivity contribution in [1.29, 1.82) is 0 Å². The molecule has 19 nitrogen and oxygen atoms in total. The third kappa shape index (κ3) is 18.2. The number of rotatable bonds is 28. The highest BCUT2D eigenvalue weighted by molar-refractivity contribution is 5.89. The van der Waals surface area contributed by atoms with Crippen molar-refractivity contribution in [3.05, 3.63) is 35.9 Å². The fraction of sp³-hybridized carbons (Fsp3) is 0.755. The first-order valence-corrected chi connectivity index (χ1v) is 26.7. The second-order valence-corrected chi connectivity index (χ2v) is 21.8. The van der Waals surface area contributed by atoms with Crippen LogP contribution in [0.5, 0.6) is 0 Å². The first-order valence-electron chi connectivity index (χ1n) is 26.7. The number of fused-ring (bicyclic) bond motifs is 5. The fourth-order valence-electron chi connectivity index (χ4n) is 13.2. The van der Waals surface area contributed by atoms with Crippen molar-refractivity contribution in [2.24, 2.45) is 86.7 Å². The fourth-order valence-corrected chi connectivity index (χ4v) is 13.2. The van der Waals surface area contributed by atoms with Crippen molar-refractivity contribution < 1.29 is 47.8 Å². The predicted octanol–water partition coefficient (Wildman–Crippen LogP) is 3.24. The van der Waals surface area contributed by atoms with Crippen LogP contribution in [0.4, 0.5) is 0 Å². The van der Waals surface area contributed by atoms with Gasteiger partial charge in [0.1, 0.15) is 31.9 Å². The van der Waals surface area contributed by atoms with E-state index in [4.69, 9.17) is 48.6 Å². The zero-order chi connectivity index (χ0) is 52.6. The average Bonchev–Trinajstić information content (AvgIpc) is 3.73. The Kier molecular flexibility index (Phi) is 29.0. The molecule has 4 aliphatic carbocycles. The van der Waals surface area contributed by atoms with E-state index in [0.717, 1.165) is 18.4 Å². The molecule has 1 aromatic rings. The normalized spacial score (nSPS) is 28.0. The number of hydrogen-bond donors (Lipinski definition) is 9. The van der Waals surface area contributed by atoms with E-state index in [-0.39, 0.29) is 135 Å². The van der Waals surface area contributed by atoms with Crippen LogP contribution >= 0.6 is 37.2 Å². The maximum Gasteiger partial charge on any atom is 0.325 e. The Morgan fingerprint density at radius 1 is 0.653 bits per heavy atom. The molecule has 0 saturated heterocycles. The second-order valence-electron chi connectivity index (χ2n) is 21.8. The minimum absolute atomic E-state index is 0. The molecule has 428 valence electrons. The van der Waals surface area contributed by atoms with E-state index >= 15 is 0 Å². The Morgan fingerprint density at radius 3 is 1.73 bits per heavy atom. The molecule has 0 aliphatic heterocycles. The summed E-state index contributed by atoms with van der Waals surface area (Å²) in [7, 11) is 0. The molecular weight excluding hydrogens is 1030 g/mol. The molecule has 4 saturated carbocycles. The third-order valence-electron chi connectivity index (χ3n) is 17.2. The summed E-state index contributed by atoms with van der Waals surface area (Å²) in [6.45, 7) is 7.17. The van der Waals surface area contributed by atoms with Crippen LogP contribution in [0.1, 0.15) is 129 Å². The summed E-state index contributed by atoms with van der Waals surface area (Å²) in [4.78, 5) is 93.0. The second kappa shape index (κ2) is 32.3. The van der Waals surface area contributed by atoms with E-state index in [9.17, 15) is 33.6 Å². The van der Waals surface area contributed by atoms with Gasteiger partial charge in [-0.25, -0.2) is 0 Å². The zero-order valence-corrected chi connectivity index (χ0v) is 46.8. The molecule has 0 spiro atoms. The molecule has 14 atom stereocenters. The van der Waals surface area contributed by atoms with E-state index in [0.29, 0.717) is 96.7 Å². The van der Waals surface area contributed by atoms with Crippen molar-refractivity contribution >= 4 is 78.6 Å². The van der Waals surface area contributed by atoms with Crippen molar-refractivity contribution in [3.63, 3.8) is 0 Å². The van der Waals surface area contributed by atoms with Gasteiger partial charge in [0.15, 0.2) is 5.78 Å². The number of nitrogens with two attached hydrogens (primary N) is 6. The molecule has 0 aromatic heterocycles. The number of amides is 3. The summed E-state index contributed by atoms with van der Waals surface area (Å²) >= 11 is 0. The van der Waals surface area contributed by atoms with Crippen molar-refractivity contribution in [1.82, 2.24) is 16.0 Å². The maximum absolute atomic E-state index is 14.1. The van der Waals surface area contributed by atoms with Crippen LogP contribution in [0, 0.1) is 52.3 Å². The van der Waals surface area contributed by atoms with Gasteiger partial charge in [-0.1, -0.05) is 51.1 Å². The number of esters is 3. The van der Waals surface area contributed by atoms with Crippen LogP contribution in [0.3, 0.4) is 0 Å². The highest BCUT2D eigenvalue weighted by Gasteiger charge is 2.67. The monoisotopic (exact) mass is 1120 g/mol. The van der Waals surface area contributed by atoms with Gasteiger partial charge in [-0.3, -0.25) is 33.6 Å². The molecule has 5 rings (SSSR count). The summed E-state index contributed by atoms with van der Waals surface area (Å²) in [5.74, 6) is -2.89. The minimum atomic E-state index is -0.823. The lowest BCUT2D eigenvalue weighted by atomic mass is 9.41. The van der Waals surface area contributed by atoms with Crippen LogP contribution in [0.2, 0.25) is 0 Å². The van der Waals surface area contributed by atoms with Gasteiger partial charge in [-0.15, -0.1) is 37.2 Å². The van der Waals surface area contributed by atoms with Crippen LogP contribution in [-0.2, 0) is 54.4 Å². The average molecular weight is 1120 g/mol. The van der Waals surface area contributed by atoms with E-state index in [1.165, 1.54) is 0 Å². The molecule has 0 radical (unpaired) electrons. The SMILES string of the molecule is C[C@H](CCC(=O)OCc1ccccc1)[C@H]1CC[C@H]2[C@@H]3[C@H](CC(=O)CNC(=O)[C@@H](N)CCCN)C[C@@H]4C[C@H](OC(=O)CNC(=O)[C@@H](N)CCCN)CC[C@]4(C)[C@H]3C[C@H](OC(=O)CNC(=O)[C@@H](N)CCCN)[C@]12C.Cl.Cl.Cl. The Morgan fingerprint density at radius 2 is 1.19 bits per heavy atom. The first kappa shape index (κ1) is 67.4. The van der Waals surface area contributed by atoms with Crippen molar-refractivity contribution in [3.8, 4) is 0 Å². The topological polar surface area (TPSA) is 339 Å². The van der Waals surface area contributed by atoms with Gasteiger partial charge in [0.05, 0.1) is 24.7 Å². The molecule has 4 aliphatic rings. The summed E-state index contributed by atoms with van der Waals surface area (Å²) < 4.78 is 18.3. The number of Topliss-reactive ketones (excluding diaryl/α,β-unsaturated/α-hetero) is 1.